The van der Waals surface area contributed by atoms with E-state index in [0.29, 0.717) is 30.6 Å². The van der Waals surface area contributed by atoms with Crippen LogP contribution < -0.4 is 16.8 Å². The number of carbonyl (C=O) groups excluding carboxylic acids is 1. The molecule has 9 heteroatoms. The van der Waals surface area contributed by atoms with Gasteiger partial charge >= 0.3 is 0 Å². The summed E-state index contributed by atoms with van der Waals surface area (Å²) in [6.07, 6.45) is 1.06. The quantitative estimate of drug-likeness (QED) is 0.420. The van der Waals surface area contributed by atoms with Crippen molar-refractivity contribution in [3.8, 4) is 11.8 Å². The molecule has 1 heterocycles. The van der Waals surface area contributed by atoms with Gasteiger partial charge in [0.15, 0.2) is 11.6 Å². The lowest BCUT2D eigenvalue weighted by Crippen LogP contribution is -2.35. The first-order valence-electron chi connectivity index (χ1n) is 7.92. The van der Waals surface area contributed by atoms with Crippen molar-refractivity contribution in [2.45, 2.75) is 18.9 Å². The second-order valence-corrected chi connectivity index (χ2v) is 5.55. The number of nitrogens with two attached hydrogens (primary N) is 2. The van der Waals surface area contributed by atoms with E-state index in [1.54, 1.807) is 0 Å². The molecule has 1 aromatic carbocycles. The lowest BCUT2D eigenvalue weighted by molar-refractivity contribution is -0.117. The third-order valence-electron chi connectivity index (χ3n) is 3.54. The molecule has 27 heavy (non-hydrogen) atoms. The summed E-state index contributed by atoms with van der Waals surface area (Å²) < 4.78 is 53.1. The average molecular weight is 380 g/mol. The first kappa shape index (κ1) is 20.4. The maximum absolute atomic E-state index is 13.5. The minimum atomic E-state index is -1.78. The molecule has 0 radical (unpaired) electrons. The molecule has 0 fully saturated rings. The minimum Gasteiger partial charge on any atom is -0.330 e. The van der Waals surface area contributed by atoms with Crippen molar-refractivity contribution in [2.75, 3.05) is 11.9 Å². The van der Waals surface area contributed by atoms with Crippen LogP contribution in [0.4, 0.5) is 23.2 Å². The van der Waals surface area contributed by atoms with E-state index in [1.807, 2.05) is 5.92 Å². The molecule has 5 N–H and O–H groups in total. The number of hydrogen-bond donors (Lipinski definition) is 3. The van der Waals surface area contributed by atoms with Crippen molar-refractivity contribution in [1.82, 2.24) is 4.98 Å². The van der Waals surface area contributed by atoms with Crippen molar-refractivity contribution in [3.05, 3.63) is 58.9 Å². The van der Waals surface area contributed by atoms with E-state index in [0.717, 1.165) is 0 Å². The second-order valence-electron chi connectivity index (χ2n) is 5.55. The summed E-state index contributed by atoms with van der Waals surface area (Å²) in [5.74, 6) is -2.84. The molecule has 0 saturated heterocycles. The number of aromatic nitrogens is 1. The Morgan fingerprint density at radius 2 is 1.67 bits per heavy atom. The van der Waals surface area contributed by atoms with Crippen LogP contribution in [0.2, 0.25) is 0 Å². The van der Waals surface area contributed by atoms with Crippen LogP contribution in [0.3, 0.4) is 0 Å². The summed E-state index contributed by atoms with van der Waals surface area (Å²) in [4.78, 5) is 14.3. The molecule has 5 nitrogen and oxygen atoms in total. The van der Waals surface area contributed by atoms with Crippen molar-refractivity contribution in [1.29, 1.82) is 0 Å². The van der Waals surface area contributed by atoms with E-state index < -0.39 is 35.1 Å². The first-order valence-corrected chi connectivity index (χ1v) is 7.92. The van der Waals surface area contributed by atoms with Gasteiger partial charge in [0, 0.05) is 11.3 Å². The zero-order valence-electron chi connectivity index (χ0n) is 14.0. The summed E-state index contributed by atoms with van der Waals surface area (Å²) in [6, 6.07) is 5.21. The fraction of sp³-hybridized carbons (Fsp3) is 0.222. The topological polar surface area (TPSA) is 94.0 Å². The van der Waals surface area contributed by atoms with E-state index >= 15 is 0 Å². The van der Waals surface area contributed by atoms with Gasteiger partial charge in [-0.2, -0.15) is 13.8 Å². The monoisotopic (exact) mass is 380 g/mol. The lowest BCUT2D eigenvalue weighted by atomic mass is 10.1. The molecular weight excluding hydrogens is 364 g/mol. The third kappa shape index (κ3) is 5.26. The lowest BCUT2D eigenvalue weighted by Gasteiger charge is -2.11. The van der Waals surface area contributed by atoms with Gasteiger partial charge in [0.05, 0.1) is 6.04 Å². The van der Waals surface area contributed by atoms with Gasteiger partial charge in [0.1, 0.15) is 5.56 Å². The number of amides is 1. The normalized spacial score (nSPS) is 11.5. The molecule has 0 spiro atoms. The highest BCUT2D eigenvalue weighted by Gasteiger charge is 2.19. The van der Waals surface area contributed by atoms with Gasteiger partial charge in [-0.05, 0) is 43.7 Å². The van der Waals surface area contributed by atoms with Crippen molar-refractivity contribution in [3.63, 3.8) is 0 Å². The van der Waals surface area contributed by atoms with Gasteiger partial charge in [0.2, 0.25) is 5.91 Å². The predicted molar refractivity (Wildman–Crippen MR) is 91.4 cm³/mol. The Labute approximate surface area is 152 Å². The van der Waals surface area contributed by atoms with E-state index in [4.69, 9.17) is 11.5 Å². The molecule has 2 aromatic rings. The summed E-state index contributed by atoms with van der Waals surface area (Å²) >= 11 is 0. The highest BCUT2D eigenvalue weighted by molar-refractivity contribution is 5.94. The Hall–Kier alpha value is -2.96. The summed E-state index contributed by atoms with van der Waals surface area (Å²) in [6.45, 7) is 0.431. The van der Waals surface area contributed by atoms with Gasteiger partial charge in [0.25, 0.3) is 11.9 Å². The third-order valence-corrected chi connectivity index (χ3v) is 3.54. The molecule has 142 valence electrons. The van der Waals surface area contributed by atoms with Gasteiger partial charge in [-0.15, -0.1) is 0 Å². The number of carbonyl (C=O) groups is 1. The molecule has 0 bridgehead atoms. The van der Waals surface area contributed by atoms with E-state index in [-0.39, 0.29) is 5.91 Å². The Balaban J connectivity index is 2.12. The fourth-order valence-corrected chi connectivity index (χ4v) is 2.07. The van der Waals surface area contributed by atoms with Crippen LogP contribution in [0.1, 0.15) is 24.0 Å². The van der Waals surface area contributed by atoms with Crippen LogP contribution in [-0.4, -0.2) is 23.5 Å². The van der Waals surface area contributed by atoms with Crippen LogP contribution in [0.5, 0.6) is 0 Å². The molecule has 0 aliphatic heterocycles. The molecule has 0 aliphatic carbocycles. The Morgan fingerprint density at radius 3 is 2.22 bits per heavy atom. The number of halogens is 4. The fourth-order valence-electron chi connectivity index (χ4n) is 2.07. The largest absolute Gasteiger partial charge is 0.330 e. The van der Waals surface area contributed by atoms with Gasteiger partial charge in [-0.3, -0.25) is 4.79 Å². The Morgan fingerprint density at radius 1 is 1.07 bits per heavy atom. The van der Waals surface area contributed by atoms with Gasteiger partial charge in [-0.1, -0.05) is 11.8 Å². The average Bonchev–Trinajstić information content (AvgIpc) is 2.65. The molecule has 2 rings (SSSR count). The zero-order chi connectivity index (χ0) is 20.0. The van der Waals surface area contributed by atoms with Crippen LogP contribution in [0.15, 0.2) is 24.3 Å². The smallest absolute Gasteiger partial charge is 0.253 e. The van der Waals surface area contributed by atoms with Crippen molar-refractivity contribution in [2.24, 2.45) is 11.5 Å². The molecule has 0 aliphatic rings. The molecule has 1 amide bonds. The SMILES string of the molecule is NCCC[C@H](N)C(=O)Nc1ccc(C#Cc2c(F)c(F)nc(F)c2F)cc1. The minimum absolute atomic E-state index is 0.303. The maximum Gasteiger partial charge on any atom is 0.253 e. The van der Waals surface area contributed by atoms with Crippen LogP contribution in [-0.2, 0) is 4.79 Å². The van der Waals surface area contributed by atoms with Crippen LogP contribution in [0.25, 0.3) is 0 Å². The number of anilines is 1. The predicted octanol–water partition coefficient (Wildman–Crippen LogP) is 2.04. The van der Waals surface area contributed by atoms with Crippen LogP contribution >= 0.6 is 0 Å². The summed E-state index contributed by atoms with van der Waals surface area (Å²) in [5.41, 5.74) is 10.8. The number of nitrogens with zero attached hydrogens (tertiary/aromatic N) is 1. The van der Waals surface area contributed by atoms with Crippen molar-refractivity contribution < 1.29 is 22.4 Å². The van der Waals surface area contributed by atoms with Gasteiger partial charge < -0.3 is 16.8 Å². The summed E-state index contributed by atoms with van der Waals surface area (Å²) in [5, 5.41) is 2.60. The Kier molecular flexibility index (Phi) is 6.87. The zero-order valence-corrected chi connectivity index (χ0v) is 14.0. The van der Waals surface area contributed by atoms with E-state index in [2.05, 4.69) is 16.2 Å². The highest BCUT2D eigenvalue weighted by atomic mass is 19.2. The number of hydrogen-bond acceptors (Lipinski definition) is 4. The molecular formula is C18H16F4N4O. The molecule has 1 atom stereocenters. The Bertz CT molecular complexity index is 865. The molecule has 0 saturated carbocycles. The highest BCUT2D eigenvalue weighted by Crippen LogP contribution is 2.16. The molecule has 0 unspecified atom stereocenters. The van der Waals surface area contributed by atoms with Gasteiger partial charge in [-0.25, -0.2) is 8.78 Å². The number of nitrogens with one attached hydrogen (secondary N) is 1. The number of pyridine rings is 1. The van der Waals surface area contributed by atoms with E-state index in [1.165, 1.54) is 24.3 Å². The summed E-state index contributed by atoms with van der Waals surface area (Å²) in [7, 11) is 0. The van der Waals surface area contributed by atoms with Crippen LogP contribution in [0, 0.1) is 35.4 Å². The first-order chi connectivity index (χ1) is 12.8. The second kappa shape index (κ2) is 9.12. The van der Waals surface area contributed by atoms with E-state index in [9.17, 15) is 22.4 Å². The maximum atomic E-state index is 13.5. The molecule has 1 aromatic heterocycles. The van der Waals surface area contributed by atoms with Crippen molar-refractivity contribution >= 4 is 11.6 Å². The number of benzene rings is 1. The standard InChI is InChI=1S/C18H16F4N4O/c19-14-12(15(20)17(22)26-16(14)21)8-5-10-3-6-11(7-4-10)25-18(27)13(24)2-1-9-23/h3-4,6-7,13H,1-2,9,23-24H2,(H,25,27)/t13-/m0/s1. The number of rotatable bonds is 5.